The van der Waals surface area contributed by atoms with Crippen molar-refractivity contribution in [2.75, 3.05) is 0 Å². The molecule has 4 nitrogen and oxygen atoms in total. The van der Waals surface area contributed by atoms with Crippen molar-refractivity contribution in [3.05, 3.63) is 181 Å². The van der Waals surface area contributed by atoms with E-state index >= 15 is 0 Å². The highest BCUT2D eigenvalue weighted by molar-refractivity contribution is 6.19. The van der Waals surface area contributed by atoms with E-state index in [-0.39, 0.29) is 0 Å². The Balaban J connectivity index is 1.05. The molecule has 0 unspecified atom stereocenters. The molecule has 3 heterocycles. The molecule has 54 heavy (non-hydrogen) atoms. The lowest BCUT2D eigenvalue weighted by molar-refractivity contribution is 0.669. The Labute approximate surface area is 310 Å². The van der Waals surface area contributed by atoms with Crippen LogP contribution >= 0.6 is 0 Å². The van der Waals surface area contributed by atoms with Crippen LogP contribution < -0.4 is 0 Å². The number of para-hydroxylation sites is 2. The maximum Gasteiger partial charge on any atom is 0.136 e. The van der Waals surface area contributed by atoms with E-state index in [1.165, 1.54) is 21.5 Å². The third-order valence-electron chi connectivity index (χ3n) is 10.8. The Hall–Kier alpha value is -7.48. The van der Waals surface area contributed by atoms with Crippen LogP contribution in [0.1, 0.15) is 5.56 Å². The van der Waals surface area contributed by atoms with Crippen molar-refractivity contribution in [2.24, 2.45) is 0 Å². The summed E-state index contributed by atoms with van der Waals surface area (Å²) < 4.78 is 8.64. The Morgan fingerprint density at radius 2 is 1.13 bits per heavy atom. The van der Waals surface area contributed by atoms with Gasteiger partial charge in [0.2, 0.25) is 0 Å². The molecule has 0 fully saturated rings. The van der Waals surface area contributed by atoms with E-state index in [9.17, 15) is 5.26 Å². The van der Waals surface area contributed by atoms with Gasteiger partial charge >= 0.3 is 0 Å². The monoisotopic (exact) mass is 687 g/mol. The molecule has 0 aliphatic carbocycles. The lowest BCUT2D eigenvalue weighted by atomic mass is 9.92. The first-order valence-electron chi connectivity index (χ1n) is 18.1. The predicted octanol–water partition coefficient (Wildman–Crippen LogP) is 13.3. The molecule has 0 saturated carbocycles. The van der Waals surface area contributed by atoms with Crippen LogP contribution in [0.15, 0.2) is 180 Å². The van der Waals surface area contributed by atoms with Gasteiger partial charge in [0, 0.05) is 43.7 Å². The van der Waals surface area contributed by atoms with Crippen LogP contribution in [0.25, 0.3) is 105 Å². The highest BCUT2D eigenvalue weighted by Gasteiger charge is 2.20. The van der Waals surface area contributed by atoms with E-state index in [0.717, 1.165) is 83.1 Å². The van der Waals surface area contributed by atoms with Crippen LogP contribution in [0.2, 0.25) is 0 Å². The highest BCUT2D eigenvalue weighted by Crippen LogP contribution is 2.41. The van der Waals surface area contributed by atoms with Gasteiger partial charge in [-0.2, -0.15) is 5.26 Å². The third kappa shape index (κ3) is 4.52. The summed E-state index contributed by atoms with van der Waals surface area (Å²) in [5.74, 6) is 0. The van der Waals surface area contributed by atoms with Crippen LogP contribution in [0.5, 0.6) is 0 Å². The second-order valence-corrected chi connectivity index (χ2v) is 13.8. The number of fused-ring (bicyclic) bond motifs is 9. The second kappa shape index (κ2) is 11.8. The Morgan fingerprint density at radius 1 is 0.481 bits per heavy atom. The van der Waals surface area contributed by atoms with Gasteiger partial charge < -0.3 is 8.98 Å². The van der Waals surface area contributed by atoms with E-state index in [1.807, 2.05) is 54.6 Å². The maximum atomic E-state index is 10.4. The molecule has 11 rings (SSSR count). The zero-order chi connectivity index (χ0) is 35.8. The van der Waals surface area contributed by atoms with Crippen LogP contribution in [0.3, 0.4) is 0 Å². The summed E-state index contributed by atoms with van der Waals surface area (Å²) in [6, 6.07) is 63.7. The van der Waals surface area contributed by atoms with E-state index in [0.29, 0.717) is 5.56 Å². The smallest absolute Gasteiger partial charge is 0.136 e. The molecule has 8 aromatic carbocycles. The lowest BCUT2D eigenvalue weighted by Gasteiger charge is -2.15. The lowest BCUT2D eigenvalue weighted by Crippen LogP contribution is -1.97. The maximum absolute atomic E-state index is 10.4. The molecule has 3 aromatic heterocycles. The topological polar surface area (TPSA) is 54.8 Å². The minimum atomic E-state index is 0.637. The molecule has 0 saturated heterocycles. The molecule has 0 N–H and O–H groups in total. The first kappa shape index (κ1) is 30.2. The van der Waals surface area contributed by atoms with Gasteiger partial charge in [0.25, 0.3) is 0 Å². The minimum absolute atomic E-state index is 0.637. The molecule has 4 heteroatoms. The van der Waals surface area contributed by atoms with E-state index in [1.54, 1.807) is 0 Å². The summed E-state index contributed by atoms with van der Waals surface area (Å²) in [6.45, 7) is 0. The molecule has 0 aliphatic rings. The molecular weight excluding hydrogens is 659 g/mol. The summed E-state index contributed by atoms with van der Waals surface area (Å²) in [5, 5.41) is 18.4. The number of aromatic nitrogens is 2. The molecule has 0 atom stereocenters. The number of hydrogen-bond acceptors (Lipinski definition) is 3. The van der Waals surface area contributed by atoms with Crippen molar-refractivity contribution in [2.45, 2.75) is 0 Å². The SMILES string of the molecule is N#Cc1c(-c2ccccc2)c(-c2ccc(-n3c4ccccc4c4cc(-c5ccc6oc7ccc8ccccc8c7c6c5)ccc43)cc2)nc2ccccc12. The second-order valence-electron chi connectivity index (χ2n) is 13.8. The van der Waals surface area contributed by atoms with Gasteiger partial charge in [0.15, 0.2) is 0 Å². The van der Waals surface area contributed by atoms with Gasteiger partial charge in [-0.05, 0) is 82.1 Å². The van der Waals surface area contributed by atoms with Gasteiger partial charge in [0.1, 0.15) is 17.2 Å². The van der Waals surface area contributed by atoms with Gasteiger partial charge in [-0.15, -0.1) is 0 Å². The first-order chi connectivity index (χ1) is 26.7. The zero-order valence-corrected chi connectivity index (χ0v) is 29.0. The fraction of sp³-hybridized carbons (Fsp3) is 0. The largest absolute Gasteiger partial charge is 0.456 e. The summed E-state index contributed by atoms with van der Waals surface area (Å²) >= 11 is 0. The van der Waals surface area contributed by atoms with E-state index in [2.05, 4.69) is 132 Å². The van der Waals surface area contributed by atoms with Crippen LogP contribution in [0.4, 0.5) is 0 Å². The molecule has 0 aliphatic heterocycles. The molecule has 11 aromatic rings. The standard InChI is InChI=1S/C50H29N3O/c51-30-42-38-14-6-8-16-43(38)52-50(48(42)32-11-2-1-3-12-32)33-18-23-36(24-19-33)53-44-17-9-7-15-39(44)40-28-34(20-25-45(40)53)35-22-26-46-41(29-35)49-37-13-5-4-10-31(37)21-27-47(49)54-46/h1-29H. The number of rotatable bonds is 4. The average Bonchev–Trinajstić information content (AvgIpc) is 3.78. The number of benzene rings is 8. The Morgan fingerprint density at radius 3 is 1.96 bits per heavy atom. The summed E-state index contributed by atoms with van der Waals surface area (Å²) in [5.41, 5.74) is 12.4. The molecule has 0 spiro atoms. The minimum Gasteiger partial charge on any atom is -0.456 e. The van der Waals surface area contributed by atoms with E-state index < -0.39 is 0 Å². The van der Waals surface area contributed by atoms with Crippen molar-refractivity contribution in [1.29, 1.82) is 5.26 Å². The number of hydrogen-bond donors (Lipinski definition) is 0. The third-order valence-corrected chi connectivity index (χ3v) is 10.8. The molecule has 0 amide bonds. The molecular formula is C50H29N3O. The quantitative estimate of drug-likeness (QED) is 0.185. The average molecular weight is 688 g/mol. The molecule has 0 radical (unpaired) electrons. The van der Waals surface area contributed by atoms with Crippen molar-refractivity contribution in [1.82, 2.24) is 9.55 Å². The normalized spacial score (nSPS) is 11.7. The Bertz CT molecular complexity index is 3330. The van der Waals surface area contributed by atoms with Crippen LogP contribution in [-0.2, 0) is 0 Å². The highest BCUT2D eigenvalue weighted by atomic mass is 16.3. The first-order valence-corrected chi connectivity index (χ1v) is 18.1. The van der Waals surface area contributed by atoms with Gasteiger partial charge in [-0.25, -0.2) is 4.98 Å². The number of nitrogens with zero attached hydrogens (tertiary/aromatic N) is 3. The van der Waals surface area contributed by atoms with Crippen molar-refractivity contribution < 1.29 is 4.42 Å². The summed E-state index contributed by atoms with van der Waals surface area (Å²) in [6.07, 6.45) is 0. The summed E-state index contributed by atoms with van der Waals surface area (Å²) in [4.78, 5) is 5.14. The van der Waals surface area contributed by atoms with Gasteiger partial charge in [-0.3, -0.25) is 0 Å². The van der Waals surface area contributed by atoms with Crippen LogP contribution in [0, 0.1) is 11.3 Å². The van der Waals surface area contributed by atoms with Crippen molar-refractivity contribution in [3.8, 4) is 45.3 Å². The van der Waals surface area contributed by atoms with E-state index in [4.69, 9.17) is 9.40 Å². The van der Waals surface area contributed by atoms with Crippen molar-refractivity contribution in [3.63, 3.8) is 0 Å². The van der Waals surface area contributed by atoms with Crippen LogP contribution in [-0.4, -0.2) is 9.55 Å². The van der Waals surface area contributed by atoms with Gasteiger partial charge in [0.05, 0.1) is 27.8 Å². The zero-order valence-electron chi connectivity index (χ0n) is 29.0. The fourth-order valence-corrected chi connectivity index (χ4v) is 8.35. The number of pyridine rings is 1. The molecule has 250 valence electrons. The molecule has 0 bridgehead atoms. The van der Waals surface area contributed by atoms with Gasteiger partial charge in [-0.1, -0.05) is 121 Å². The summed E-state index contributed by atoms with van der Waals surface area (Å²) in [7, 11) is 0. The fourth-order valence-electron chi connectivity index (χ4n) is 8.35. The number of furan rings is 1. The van der Waals surface area contributed by atoms with Crippen molar-refractivity contribution >= 4 is 65.4 Å². The predicted molar refractivity (Wildman–Crippen MR) is 222 cm³/mol. The Kier molecular flexibility index (Phi) is 6.58. The number of nitriles is 1.